The number of aromatic nitrogens is 2. The first-order valence-corrected chi connectivity index (χ1v) is 8.73. The lowest BCUT2D eigenvalue weighted by Crippen LogP contribution is -2.38. The molecule has 118 valence electrons. The summed E-state index contributed by atoms with van der Waals surface area (Å²) in [6.45, 7) is 4.46. The molecule has 2 N–H and O–H groups in total. The molecule has 2 saturated carbocycles. The standard InChI is InChI=1S/C17H29N3O/c1-3-5-12-7-9-13(10-8-12)15-19-16(21-20-15)17(2)11-4-6-14(17)18/h12-14H,3-11,18H2,1-2H3. The molecule has 0 radical (unpaired) electrons. The Morgan fingerprint density at radius 3 is 2.62 bits per heavy atom. The molecule has 2 fully saturated rings. The summed E-state index contributed by atoms with van der Waals surface area (Å²) in [4.78, 5) is 4.75. The third kappa shape index (κ3) is 2.87. The maximum atomic E-state index is 6.26. The second-order valence-corrected chi connectivity index (χ2v) is 7.38. The van der Waals surface area contributed by atoms with Gasteiger partial charge >= 0.3 is 0 Å². The van der Waals surface area contributed by atoms with E-state index in [9.17, 15) is 0 Å². The highest BCUT2D eigenvalue weighted by Gasteiger charge is 2.43. The van der Waals surface area contributed by atoms with E-state index in [0.29, 0.717) is 5.92 Å². The Hall–Kier alpha value is -0.900. The van der Waals surface area contributed by atoms with Gasteiger partial charge < -0.3 is 10.3 Å². The Kier molecular flexibility index (Phi) is 4.34. The molecule has 2 aliphatic rings. The lowest BCUT2D eigenvalue weighted by molar-refractivity contribution is 0.270. The first-order valence-electron chi connectivity index (χ1n) is 8.73. The van der Waals surface area contributed by atoms with Crippen LogP contribution in [0, 0.1) is 5.92 Å². The summed E-state index contributed by atoms with van der Waals surface area (Å²) >= 11 is 0. The monoisotopic (exact) mass is 291 g/mol. The molecule has 3 rings (SSSR count). The lowest BCUT2D eigenvalue weighted by Gasteiger charge is -2.26. The normalized spacial score (nSPS) is 37.0. The number of hydrogen-bond acceptors (Lipinski definition) is 4. The van der Waals surface area contributed by atoms with Gasteiger partial charge in [0.05, 0.1) is 5.41 Å². The van der Waals surface area contributed by atoms with Crippen LogP contribution in [0.15, 0.2) is 4.52 Å². The molecule has 0 amide bonds. The van der Waals surface area contributed by atoms with E-state index in [1.165, 1.54) is 38.5 Å². The molecule has 0 saturated heterocycles. The minimum absolute atomic E-state index is 0.106. The molecule has 0 aromatic carbocycles. The molecule has 0 spiro atoms. The molecule has 4 heteroatoms. The van der Waals surface area contributed by atoms with E-state index in [1.54, 1.807) is 0 Å². The molecule has 1 aromatic heterocycles. The van der Waals surface area contributed by atoms with Gasteiger partial charge in [0.2, 0.25) is 5.89 Å². The van der Waals surface area contributed by atoms with Crippen LogP contribution in [0.25, 0.3) is 0 Å². The van der Waals surface area contributed by atoms with E-state index in [0.717, 1.165) is 36.9 Å². The van der Waals surface area contributed by atoms with Crippen molar-refractivity contribution in [1.82, 2.24) is 10.1 Å². The highest BCUT2D eigenvalue weighted by atomic mass is 16.5. The fourth-order valence-corrected chi connectivity index (χ4v) is 4.21. The van der Waals surface area contributed by atoms with Crippen molar-refractivity contribution in [3.63, 3.8) is 0 Å². The molecule has 2 atom stereocenters. The molecular weight excluding hydrogens is 262 g/mol. The first kappa shape index (κ1) is 15.0. The van der Waals surface area contributed by atoms with Crippen LogP contribution in [0.5, 0.6) is 0 Å². The topological polar surface area (TPSA) is 64.9 Å². The predicted molar refractivity (Wildman–Crippen MR) is 83.1 cm³/mol. The van der Waals surface area contributed by atoms with E-state index in [2.05, 4.69) is 19.0 Å². The van der Waals surface area contributed by atoms with Crippen molar-refractivity contribution in [3.8, 4) is 0 Å². The lowest BCUT2D eigenvalue weighted by atomic mass is 9.79. The molecule has 4 nitrogen and oxygen atoms in total. The number of rotatable bonds is 4. The van der Waals surface area contributed by atoms with Gasteiger partial charge in [0.1, 0.15) is 0 Å². The first-order chi connectivity index (χ1) is 10.1. The van der Waals surface area contributed by atoms with Gasteiger partial charge in [0.15, 0.2) is 5.82 Å². The zero-order valence-electron chi connectivity index (χ0n) is 13.5. The Bertz CT molecular complexity index is 464. The van der Waals surface area contributed by atoms with Gasteiger partial charge in [-0.25, -0.2) is 0 Å². The Labute approximate surface area is 127 Å². The van der Waals surface area contributed by atoms with Crippen molar-refractivity contribution in [2.75, 3.05) is 0 Å². The van der Waals surface area contributed by atoms with E-state index in [-0.39, 0.29) is 11.5 Å². The van der Waals surface area contributed by atoms with Crippen molar-refractivity contribution in [2.24, 2.45) is 11.7 Å². The third-order valence-corrected chi connectivity index (χ3v) is 5.87. The highest BCUT2D eigenvalue weighted by molar-refractivity contribution is 5.13. The third-order valence-electron chi connectivity index (χ3n) is 5.87. The van der Waals surface area contributed by atoms with E-state index < -0.39 is 0 Å². The average molecular weight is 291 g/mol. The predicted octanol–water partition coefficient (Wildman–Crippen LogP) is 3.91. The second-order valence-electron chi connectivity index (χ2n) is 7.38. The van der Waals surface area contributed by atoms with Gasteiger partial charge in [-0.15, -0.1) is 0 Å². The van der Waals surface area contributed by atoms with Crippen LogP contribution in [0.3, 0.4) is 0 Å². The fraction of sp³-hybridized carbons (Fsp3) is 0.882. The maximum absolute atomic E-state index is 6.26. The number of nitrogens with two attached hydrogens (primary N) is 1. The summed E-state index contributed by atoms with van der Waals surface area (Å²) in [5.74, 6) is 3.12. The Morgan fingerprint density at radius 2 is 2.00 bits per heavy atom. The van der Waals surface area contributed by atoms with Crippen LogP contribution >= 0.6 is 0 Å². The quantitative estimate of drug-likeness (QED) is 0.913. The van der Waals surface area contributed by atoms with Gasteiger partial charge in [0, 0.05) is 12.0 Å². The van der Waals surface area contributed by atoms with Crippen molar-refractivity contribution in [3.05, 3.63) is 11.7 Å². The van der Waals surface area contributed by atoms with E-state index in [4.69, 9.17) is 15.2 Å². The van der Waals surface area contributed by atoms with Gasteiger partial charge in [-0.2, -0.15) is 4.98 Å². The SMILES string of the molecule is CCCC1CCC(c2noc(C3(C)CCCC3N)n2)CC1. The molecule has 2 unspecified atom stereocenters. The molecule has 0 bridgehead atoms. The molecule has 0 aliphatic heterocycles. The van der Waals surface area contributed by atoms with Crippen LogP contribution in [-0.2, 0) is 5.41 Å². The molecule has 21 heavy (non-hydrogen) atoms. The summed E-state index contributed by atoms with van der Waals surface area (Å²) in [7, 11) is 0. The minimum atomic E-state index is -0.106. The van der Waals surface area contributed by atoms with Crippen LogP contribution in [0.1, 0.15) is 89.3 Å². The summed E-state index contributed by atoms with van der Waals surface area (Å²) < 4.78 is 5.61. The Morgan fingerprint density at radius 1 is 1.24 bits per heavy atom. The van der Waals surface area contributed by atoms with Gasteiger partial charge in [-0.05, 0) is 51.4 Å². The summed E-state index contributed by atoms with van der Waals surface area (Å²) in [6.07, 6.45) is 11.0. The largest absolute Gasteiger partial charge is 0.339 e. The zero-order chi connectivity index (χ0) is 14.9. The highest BCUT2D eigenvalue weighted by Crippen LogP contribution is 2.41. The summed E-state index contributed by atoms with van der Waals surface area (Å²) in [6, 6.07) is 0.158. The molecule has 1 heterocycles. The van der Waals surface area contributed by atoms with Crippen molar-refractivity contribution < 1.29 is 4.52 Å². The summed E-state index contributed by atoms with van der Waals surface area (Å²) in [5, 5.41) is 4.29. The molecule has 2 aliphatic carbocycles. The van der Waals surface area contributed by atoms with Crippen molar-refractivity contribution in [2.45, 2.75) is 89.0 Å². The minimum Gasteiger partial charge on any atom is -0.339 e. The van der Waals surface area contributed by atoms with Crippen LogP contribution in [0.4, 0.5) is 0 Å². The van der Waals surface area contributed by atoms with Gasteiger partial charge in [-0.3, -0.25) is 0 Å². The fourth-order valence-electron chi connectivity index (χ4n) is 4.21. The van der Waals surface area contributed by atoms with Crippen LogP contribution in [0.2, 0.25) is 0 Å². The van der Waals surface area contributed by atoms with Gasteiger partial charge in [0.25, 0.3) is 0 Å². The van der Waals surface area contributed by atoms with E-state index >= 15 is 0 Å². The molecule has 1 aromatic rings. The number of hydrogen-bond donors (Lipinski definition) is 1. The average Bonchev–Trinajstić information content (AvgIpc) is 3.09. The zero-order valence-corrected chi connectivity index (χ0v) is 13.5. The summed E-state index contributed by atoms with van der Waals surface area (Å²) in [5.41, 5.74) is 6.15. The smallest absolute Gasteiger partial charge is 0.234 e. The van der Waals surface area contributed by atoms with Gasteiger partial charge in [-0.1, -0.05) is 31.3 Å². The maximum Gasteiger partial charge on any atom is 0.234 e. The Balaban J connectivity index is 1.66. The van der Waals surface area contributed by atoms with E-state index in [1.807, 2.05) is 0 Å². The second kappa shape index (κ2) is 6.07. The van der Waals surface area contributed by atoms with Crippen molar-refractivity contribution in [1.29, 1.82) is 0 Å². The number of nitrogens with zero attached hydrogens (tertiary/aromatic N) is 2. The van der Waals surface area contributed by atoms with Crippen LogP contribution in [-0.4, -0.2) is 16.2 Å². The molecular formula is C17H29N3O. The van der Waals surface area contributed by atoms with Crippen molar-refractivity contribution >= 4 is 0 Å². The van der Waals surface area contributed by atoms with Crippen LogP contribution < -0.4 is 5.73 Å².